The second-order valence-corrected chi connectivity index (χ2v) is 6.44. The Bertz CT molecular complexity index is 732. The molecule has 0 spiro atoms. The predicted molar refractivity (Wildman–Crippen MR) is 78.3 cm³/mol. The molecule has 1 amide bonds. The molecule has 2 aromatic rings. The molecule has 0 aliphatic carbocycles. The summed E-state index contributed by atoms with van der Waals surface area (Å²) in [5, 5.41) is 0. The van der Waals surface area contributed by atoms with Crippen LogP contribution in [-0.2, 0) is 21.2 Å². The highest BCUT2D eigenvalue weighted by atomic mass is 32.2. The highest BCUT2D eigenvalue weighted by Gasteiger charge is 2.22. The molecule has 1 aromatic heterocycles. The molecule has 112 valence electrons. The second-order valence-electron chi connectivity index (χ2n) is 4.79. The van der Waals surface area contributed by atoms with E-state index in [0.717, 1.165) is 5.56 Å². The van der Waals surface area contributed by atoms with E-state index >= 15 is 0 Å². The zero-order valence-corrected chi connectivity index (χ0v) is 12.7. The molecule has 1 N–H and O–H groups in total. The van der Waals surface area contributed by atoms with Gasteiger partial charge >= 0.3 is 0 Å². The standard InChI is InChI=1S/C15H17NO4S/c1-11-10-14(12(2)20-11)21(18,19)16-15(17)9-8-13-6-4-3-5-7-13/h3-7,10H,8-9H2,1-2H3,(H,16,17). The van der Waals surface area contributed by atoms with Crippen molar-refractivity contribution in [1.82, 2.24) is 4.72 Å². The van der Waals surface area contributed by atoms with Gasteiger partial charge in [-0.3, -0.25) is 4.79 Å². The summed E-state index contributed by atoms with van der Waals surface area (Å²) in [4.78, 5) is 11.8. The lowest BCUT2D eigenvalue weighted by molar-refractivity contribution is -0.119. The Labute approximate surface area is 124 Å². The van der Waals surface area contributed by atoms with Gasteiger partial charge in [0.25, 0.3) is 10.0 Å². The fraction of sp³-hybridized carbons (Fsp3) is 0.267. The third-order valence-electron chi connectivity index (χ3n) is 3.02. The van der Waals surface area contributed by atoms with Crippen molar-refractivity contribution < 1.29 is 17.6 Å². The molecule has 6 heteroatoms. The maximum Gasteiger partial charge on any atom is 0.267 e. The third-order valence-corrected chi connectivity index (χ3v) is 4.50. The van der Waals surface area contributed by atoms with Crippen molar-refractivity contribution in [2.75, 3.05) is 0 Å². The predicted octanol–water partition coefficient (Wildman–Crippen LogP) is 2.33. The van der Waals surface area contributed by atoms with Gasteiger partial charge in [-0.1, -0.05) is 30.3 Å². The van der Waals surface area contributed by atoms with Crippen LogP contribution in [0.4, 0.5) is 0 Å². The zero-order chi connectivity index (χ0) is 15.5. The number of rotatable bonds is 5. The molecule has 0 atom stereocenters. The van der Waals surface area contributed by atoms with Crippen LogP contribution in [-0.4, -0.2) is 14.3 Å². The summed E-state index contributed by atoms with van der Waals surface area (Å²) in [5.41, 5.74) is 0.986. The summed E-state index contributed by atoms with van der Waals surface area (Å²) >= 11 is 0. The van der Waals surface area contributed by atoms with Gasteiger partial charge in [0.2, 0.25) is 5.91 Å². The lowest BCUT2D eigenvalue weighted by Gasteiger charge is -2.06. The summed E-state index contributed by atoms with van der Waals surface area (Å²) < 4.78 is 31.4. The molecule has 0 unspecified atom stereocenters. The van der Waals surface area contributed by atoms with Crippen molar-refractivity contribution in [3.63, 3.8) is 0 Å². The van der Waals surface area contributed by atoms with Crippen LogP contribution in [0.1, 0.15) is 23.5 Å². The number of carbonyl (C=O) groups is 1. The second kappa shape index (κ2) is 6.13. The number of furan rings is 1. The molecular formula is C15H17NO4S. The molecule has 21 heavy (non-hydrogen) atoms. The molecular weight excluding hydrogens is 290 g/mol. The number of aryl methyl sites for hydroxylation is 3. The molecule has 5 nitrogen and oxygen atoms in total. The number of amides is 1. The van der Waals surface area contributed by atoms with E-state index in [1.165, 1.54) is 6.07 Å². The van der Waals surface area contributed by atoms with Gasteiger partial charge in [0.1, 0.15) is 16.4 Å². The molecule has 1 aromatic carbocycles. The van der Waals surface area contributed by atoms with Gasteiger partial charge in [0.05, 0.1) is 0 Å². The van der Waals surface area contributed by atoms with Gasteiger partial charge in [0.15, 0.2) is 0 Å². The maximum atomic E-state index is 12.1. The van der Waals surface area contributed by atoms with E-state index in [2.05, 4.69) is 4.72 Å². The number of carbonyl (C=O) groups excluding carboxylic acids is 1. The molecule has 0 bridgehead atoms. The van der Waals surface area contributed by atoms with Crippen LogP contribution >= 0.6 is 0 Å². The number of hydrogen-bond acceptors (Lipinski definition) is 4. The van der Waals surface area contributed by atoms with Gasteiger partial charge in [-0.15, -0.1) is 0 Å². The number of nitrogens with one attached hydrogen (secondary N) is 1. The first-order chi connectivity index (χ1) is 9.88. The van der Waals surface area contributed by atoms with Gasteiger partial charge in [-0.05, 0) is 25.8 Å². The Hall–Kier alpha value is -2.08. The normalized spacial score (nSPS) is 11.3. The van der Waals surface area contributed by atoms with Crippen LogP contribution in [0.5, 0.6) is 0 Å². The average molecular weight is 307 g/mol. The molecule has 0 saturated heterocycles. The quantitative estimate of drug-likeness (QED) is 0.920. The van der Waals surface area contributed by atoms with Crippen molar-refractivity contribution in [2.24, 2.45) is 0 Å². The van der Waals surface area contributed by atoms with E-state index < -0.39 is 15.9 Å². The minimum Gasteiger partial charge on any atom is -0.465 e. The molecule has 1 heterocycles. The van der Waals surface area contributed by atoms with Crippen molar-refractivity contribution in [1.29, 1.82) is 0 Å². The SMILES string of the molecule is Cc1cc(S(=O)(=O)NC(=O)CCc2ccccc2)c(C)o1. The zero-order valence-electron chi connectivity index (χ0n) is 11.9. The van der Waals surface area contributed by atoms with E-state index in [1.54, 1.807) is 13.8 Å². The molecule has 0 radical (unpaired) electrons. The van der Waals surface area contributed by atoms with Crippen LogP contribution in [0.2, 0.25) is 0 Å². The third kappa shape index (κ3) is 3.95. The first kappa shape index (κ1) is 15.3. The summed E-state index contributed by atoms with van der Waals surface area (Å²) in [6.07, 6.45) is 0.602. The van der Waals surface area contributed by atoms with Crippen molar-refractivity contribution in [3.8, 4) is 0 Å². The first-order valence-electron chi connectivity index (χ1n) is 6.55. The van der Waals surface area contributed by atoms with Gasteiger partial charge in [-0.25, -0.2) is 13.1 Å². The van der Waals surface area contributed by atoms with E-state index in [-0.39, 0.29) is 17.1 Å². The Morgan fingerprint density at radius 3 is 2.43 bits per heavy atom. The highest BCUT2D eigenvalue weighted by molar-refractivity contribution is 7.90. The van der Waals surface area contributed by atoms with Gasteiger partial charge < -0.3 is 4.42 Å². The topological polar surface area (TPSA) is 76.4 Å². The Morgan fingerprint density at radius 2 is 1.86 bits per heavy atom. The molecule has 0 aliphatic rings. The van der Waals surface area contributed by atoms with Crippen molar-refractivity contribution >= 4 is 15.9 Å². The fourth-order valence-corrected chi connectivity index (χ4v) is 3.29. The Balaban J connectivity index is 2.00. The van der Waals surface area contributed by atoms with E-state index in [1.807, 2.05) is 30.3 Å². The smallest absolute Gasteiger partial charge is 0.267 e. The first-order valence-corrected chi connectivity index (χ1v) is 8.03. The van der Waals surface area contributed by atoms with Crippen molar-refractivity contribution in [3.05, 3.63) is 53.5 Å². The lowest BCUT2D eigenvalue weighted by atomic mass is 10.1. The van der Waals surface area contributed by atoms with Crippen molar-refractivity contribution in [2.45, 2.75) is 31.6 Å². The summed E-state index contributed by atoms with van der Waals surface area (Å²) in [7, 11) is -3.87. The maximum absolute atomic E-state index is 12.1. The van der Waals surface area contributed by atoms with Crippen LogP contribution in [0, 0.1) is 13.8 Å². The van der Waals surface area contributed by atoms with E-state index in [4.69, 9.17) is 4.42 Å². The Morgan fingerprint density at radius 1 is 1.19 bits per heavy atom. The number of benzene rings is 1. The van der Waals surface area contributed by atoms with E-state index in [9.17, 15) is 13.2 Å². The highest BCUT2D eigenvalue weighted by Crippen LogP contribution is 2.19. The van der Waals surface area contributed by atoms with Gasteiger partial charge in [-0.2, -0.15) is 0 Å². The molecule has 2 rings (SSSR count). The average Bonchev–Trinajstić information content (AvgIpc) is 2.77. The Kier molecular flexibility index (Phi) is 4.47. The lowest BCUT2D eigenvalue weighted by Crippen LogP contribution is -2.30. The van der Waals surface area contributed by atoms with Crippen LogP contribution in [0.25, 0.3) is 0 Å². The fourth-order valence-electron chi connectivity index (χ4n) is 2.03. The number of sulfonamides is 1. The molecule has 0 fully saturated rings. The van der Waals surface area contributed by atoms with E-state index in [0.29, 0.717) is 12.2 Å². The summed E-state index contributed by atoms with van der Waals surface area (Å²) in [6, 6.07) is 10.8. The minimum absolute atomic E-state index is 0.00746. The monoisotopic (exact) mass is 307 g/mol. The van der Waals surface area contributed by atoms with Crippen LogP contribution in [0.15, 0.2) is 45.7 Å². The largest absolute Gasteiger partial charge is 0.465 e. The van der Waals surface area contributed by atoms with Crippen LogP contribution in [0.3, 0.4) is 0 Å². The minimum atomic E-state index is -3.87. The van der Waals surface area contributed by atoms with Crippen LogP contribution < -0.4 is 4.72 Å². The van der Waals surface area contributed by atoms with Gasteiger partial charge in [0, 0.05) is 12.5 Å². The molecule has 0 aliphatic heterocycles. The summed E-state index contributed by atoms with van der Waals surface area (Å²) in [6.45, 7) is 3.21. The number of hydrogen-bond donors (Lipinski definition) is 1. The summed E-state index contributed by atoms with van der Waals surface area (Å²) in [5.74, 6) is 0.234. The molecule has 0 saturated carbocycles.